The fraction of sp³-hybridized carbons (Fsp3) is 0.737. The molecule has 9 N–H and O–H groups in total. The number of nitrogens with two attached hydrogens (primary N) is 2. The Kier molecular flexibility index (Phi) is 11.7. The van der Waals surface area contributed by atoms with Crippen molar-refractivity contribution in [3.05, 3.63) is 0 Å². The number of hydrogen-bond acceptors (Lipinski definition) is 7. The molecule has 6 unspecified atom stereocenters. The molecule has 0 saturated carbocycles. The Morgan fingerprint density at radius 1 is 0.871 bits per heavy atom. The van der Waals surface area contributed by atoms with Crippen molar-refractivity contribution < 1.29 is 34.2 Å². The SMILES string of the molecule is CCC(C)C(NC(=O)C(NC(=O)C(N)C(C)O)C(C)C)C(=O)NC(CC(N)=O)C(=O)O. The quantitative estimate of drug-likeness (QED) is 0.165. The number of rotatable bonds is 13. The first-order valence-electron chi connectivity index (χ1n) is 10.1. The van der Waals surface area contributed by atoms with E-state index in [9.17, 15) is 34.2 Å². The van der Waals surface area contributed by atoms with Gasteiger partial charge < -0.3 is 37.6 Å². The largest absolute Gasteiger partial charge is 0.480 e. The average molecular weight is 446 g/mol. The Balaban J connectivity index is 5.53. The van der Waals surface area contributed by atoms with E-state index in [-0.39, 0.29) is 5.92 Å². The lowest BCUT2D eigenvalue weighted by Crippen LogP contribution is -2.60. The Morgan fingerprint density at radius 2 is 1.35 bits per heavy atom. The van der Waals surface area contributed by atoms with Crippen LogP contribution in [0, 0.1) is 11.8 Å². The van der Waals surface area contributed by atoms with Gasteiger partial charge in [-0.2, -0.15) is 0 Å². The van der Waals surface area contributed by atoms with Crippen molar-refractivity contribution in [1.29, 1.82) is 0 Å². The highest BCUT2D eigenvalue weighted by molar-refractivity contribution is 5.95. The van der Waals surface area contributed by atoms with Gasteiger partial charge in [0.2, 0.25) is 23.6 Å². The molecule has 4 amide bonds. The van der Waals surface area contributed by atoms with Crippen LogP contribution in [0.2, 0.25) is 0 Å². The lowest BCUT2D eigenvalue weighted by atomic mass is 9.96. The Hall–Kier alpha value is -2.73. The molecule has 31 heavy (non-hydrogen) atoms. The molecule has 0 aliphatic carbocycles. The molecule has 0 rings (SSSR count). The molecule has 12 heteroatoms. The maximum Gasteiger partial charge on any atom is 0.326 e. The van der Waals surface area contributed by atoms with E-state index < -0.39 is 72.2 Å². The number of carbonyl (C=O) groups is 5. The molecule has 0 spiro atoms. The number of aliphatic hydroxyl groups excluding tert-OH is 1. The third-order valence-electron chi connectivity index (χ3n) is 4.88. The van der Waals surface area contributed by atoms with E-state index in [4.69, 9.17) is 11.5 Å². The molecule has 0 radical (unpaired) electrons. The number of aliphatic carboxylic acids is 1. The number of hydrogen-bond donors (Lipinski definition) is 7. The van der Waals surface area contributed by atoms with Crippen molar-refractivity contribution in [1.82, 2.24) is 16.0 Å². The summed E-state index contributed by atoms with van der Waals surface area (Å²) in [5.74, 6) is -5.34. The molecule has 0 aromatic heterocycles. The van der Waals surface area contributed by atoms with Gasteiger partial charge in [-0.25, -0.2) is 4.79 Å². The van der Waals surface area contributed by atoms with Crippen LogP contribution in [0.25, 0.3) is 0 Å². The first-order valence-corrected chi connectivity index (χ1v) is 10.1. The predicted molar refractivity (Wildman–Crippen MR) is 111 cm³/mol. The first kappa shape index (κ1) is 28.3. The molecule has 0 aliphatic heterocycles. The zero-order valence-electron chi connectivity index (χ0n) is 18.5. The van der Waals surface area contributed by atoms with Crippen LogP contribution in [0.4, 0.5) is 0 Å². The second-order valence-electron chi connectivity index (χ2n) is 7.94. The summed E-state index contributed by atoms with van der Waals surface area (Å²) in [5.41, 5.74) is 10.6. The zero-order valence-corrected chi connectivity index (χ0v) is 18.5. The Labute approximate surface area is 181 Å². The second kappa shape index (κ2) is 12.8. The van der Waals surface area contributed by atoms with Crippen molar-refractivity contribution in [3.8, 4) is 0 Å². The number of nitrogens with one attached hydrogen (secondary N) is 3. The minimum Gasteiger partial charge on any atom is -0.480 e. The molecule has 0 aliphatic rings. The average Bonchev–Trinajstić information content (AvgIpc) is 2.66. The fourth-order valence-electron chi connectivity index (χ4n) is 2.61. The van der Waals surface area contributed by atoms with E-state index >= 15 is 0 Å². The van der Waals surface area contributed by atoms with Gasteiger partial charge in [-0.15, -0.1) is 0 Å². The van der Waals surface area contributed by atoms with Crippen LogP contribution in [-0.4, -0.2) is 70.1 Å². The van der Waals surface area contributed by atoms with Crippen LogP contribution in [-0.2, 0) is 24.0 Å². The van der Waals surface area contributed by atoms with E-state index in [0.29, 0.717) is 6.42 Å². The third-order valence-corrected chi connectivity index (χ3v) is 4.88. The minimum atomic E-state index is -1.54. The number of carboxylic acids is 1. The topological polar surface area (TPSA) is 214 Å². The fourth-order valence-corrected chi connectivity index (χ4v) is 2.61. The van der Waals surface area contributed by atoms with Crippen LogP contribution in [0.1, 0.15) is 47.5 Å². The van der Waals surface area contributed by atoms with Crippen LogP contribution >= 0.6 is 0 Å². The van der Waals surface area contributed by atoms with E-state index in [0.717, 1.165) is 0 Å². The lowest BCUT2D eigenvalue weighted by molar-refractivity contribution is -0.144. The predicted octanol–water partition coefficient (Wildman–Crippen LogP) is -2.19. The Bertz CT molecular complexity index is 668. The summed E-state index contributed by atoms with van der Waals surface area (Å²) in [5, 5.41) is 25.9. The van der Waals surface area contributed by atoms with E-state index in [1.54, 1.807) is 27.7 Å². The molecule has 0 saturated heterocycles. The monoisotopic (exact) mass is 445 g/mol. The molecule has 0 fully saturated rings. The first-order chi connectivity index (χ1) is 14.2. The van der Waals surface area contributed by atoms with Crippen molar-refractivity contribution in [2.24, 2.45) is 23.3 Å². The summed E-state index contributed by atoms with van der Waals surface area (Å²) in [6.45, 7) is 8.14. The highest BCUT2D eigenvalue weighted by Gasteiger charge is 2.34. The van der Waals surface area contributed by atoms with Gasteiger partial charge in [-0.05, 0) is 18.8 Å². The molecule has 178 valence electrons. The molecular weight excluding hydrogens is 410 g/mol. The van der Waals surface area contributed by atoms with Gasteiger partial charge in [0, 0.05) is 0 Å². The van der Waals surface area contributed by atoms with Gasteiger partial charge >= 0.3 is 5.97 Å². The van der Waals surface area contributed by atoms with Gasteiger partial charge in [0.25, 0.3) is 0 Å². The summed E-state index contributed by atoms with van der Waals surface area (Å²) < 4.78 is 0. The summed E-state index contributed by atoms with van der Waals surface area (Å²) in [6.07, 6.45) is -1.27. The van der Waals surface area contributed by atoms with Crippen LogP contribution < -0.4 is 27.4 Å². The van der Waals surface area contributed by atoms with Gasteiger partial charge in [-0.1, -0.05) is 34.1 Å². The normalized spacial score (nSPS) is 16.9. The Morgan fingerprint density at radius 3 is 1.74 bits per heavy atom. The van der Waals surface area contributed by atoms with E-state index in [1.807, 2.05) is 0 Å². The second-order valence-corrected chi connectivity index (χ2v) is 7.94. The third kappa shape index (κ3) is 9.30. The lowest BCUT2D eigenvalue weighted by Gasteiger charge is -2.29. The summed E-state index contributed by atoms with van der Waals surface area (Å²) in [6, 6.07) is -4.97. The molecule has 0 heterocycles. The molecular formula is C19H35N5O7. The smallest absolute Gasteiger partial charge is 0.326 e. The molecule has 0 aromatic rings. The summed E-state index contributed by atoms with van der Waals surface area (Å²) in [7, 11) is 0. The standard InChI is InChI=1S/C19H35N5O7/c1-6-9(4)15(18(29)22-11(19(30)31)7-12(20)26)24-17(28)14(8(2)3)23-16(27)13(21)10(5)25/h8-11,13-15,25H,6-7,21H2,1-5H3,(H2,20,26)(H,22,29)(H,23,27)(H,24,28)(H,30,31). The molecule has 6 atom stereocenters. The van der Waals surface area contributed by atoms with Crippen molar-refractivity contribution in [2.75, 3.05) is 0 Å². The van der Waals surface area contributed by atoms with Crippen molar-refractivity contribution in [2.45, 2.75) is 77.7 Å². The van der Waals surface area contributed by atoms with Crippen LogP contribution in [0.5, 0.6) is 0 Å². The maximum atomic E-state index is 12.8. The van der Waals surface area contributed by atoms with Gasteiger partial charge in [0.15, 0.2) is 0 Å². The van der Waals surface area contributed by atoms with Crippen LogP contribution in [0.15, 0.2) is 0 Å². The number of carboxylic acid groups (broad SMARTS) is 1. The van der Waals surface area contributed by atoms with Crippen molar-refractivity contribution >= 4 is 29.6 Å². The molecule has 12 nitrogen and oxygen atoms in total. The number of carbonyl (C=O) groups excluding carboxylic acids is 4. The number of primary amides is 1. The minimum absolute atomic E-state index is 0.382. The van der Waals surface area contributed by atoms with Crippen LogP contribution in [0.3, 0.4) is 0 Å². The van der Waals surface area contributed by atoms with Gasteiger partial charge in [0.05, 0.1) is 12.5 Å². The zero-order chi connectivity index (χ0) is 24.5. The highest BCUT2D eigenvalue weighted by Crippen LogP contribution is 2.11. The van der Waals surface area contributed by atoms with Crippen molar-refractivity contribution in [3.63, 3.8) is 0 Å². The van der Waals surface area contributed by atoms with E-state index in [2.05, 4.69) is 16.0 Å². The molecule has 0 aromatic carbocycles. The van der Waals surface area contributed by atoms with Gasteiger partial charge in [0.1, 0.15) is 24.2 Å². The van der Waals surface area contributed by atoms with Gasteiger partial charge in [-0.3, -0.25) is 19.2 Å². The highest BCUT2D eigenvalue weighted by atomic mass is 16.4. The maximum absolute atomic E-state index is 12.8. The number of amides is 4. The number of aliphatic hydroxyl groups is 1. The molecule has 0 bridgehead atoms. The van der Waals surface area contributed by atoms with E-state index in [1.165, 1.54) is 6.92 Å². The summed E-state index contributed by atoms with van der Waals surface area (Å²) in [4.78, 5) is 60.1. The summed E-state index contributed by atoms with van der Waals surface area (Å²) >= 11 is 0.